The van der Waals surface area contributed by atoms with Gasteiger partial charge in [0.2, 0.25) is 0 Å². The maximum Gasteiger partial charge on any atom is 0.133 e. The Morgan fingerprint density at radius 2 is 2.22 bits per heavy atom. The molecule has 0 aliphatic heterocycles. The van der Waals surface area contributed by atoms with Crippen molar-refractivity contribution in [2.24, 2.45) is 0 Å². The molecule has 0 radical (unpaired) electrons. The topological polar surface area (TPSA) is 41.5 Å². The van der Waals surface area contributed by atoms with E-state index >= 15 is 0 Å². The first-order chi connectivity index (χ1) is 8.69. The molecule has 0 aliphatic carbocycles. The second-order valence-corrected chi connectivity index (χ2v) is 5.15. The summed E-state index contributed by atoms with van der Waals surface area (Å²) < 4.78 is 6.53. The number of nitrogens with one attached hydrogen (secondary N) is 1. The van der Waals surface area contributed by atoms with E-state index in [4.69, 9.17) is 9.84 Å². The molecule has 0 aromatic heterocycles. The van der Waals surface area contributed by atoms with E-state index in [1.54, 1.807) is 0 Å². The van der Waals surface area contributed by atoms with Gasteiger partial charge in [0, 0.05) is 19.1 Å². The van der Waals surface area contributed by atoms with E-state index in [0.717, 1.165) is 23.2 Å². The maximum absolute atomic E-state index is 8.71. The van der Waals surface area contributed by atoms with Gasteiger partial charge in [-0.25, -0.2) is 0 Å². The summed E-state index contributed by atoms with van der Waals surface area (Å²) in [6.45, 7) is 6.04. The van der Waals surface area contributed by atoms with Crippen molar-refractivity contribution in [1.82, 2.24) is 5.32 Å². The fraction of sp³-hybridized carbons (Fsp3) is 0.571. The summed E-state index contributed by atoms with van der Waals surface area (Å²) in [6.07, 6.45) is 1.79. The van der Waals surface area contributed by atoms with Crippen molar-refractivity contribution >= 4 is 15.9 Å². The average Bonchev–Trinajstić information content (AvgIpc) is 2.38. The lowest BCUT2D eigenvalue weighted by molar-refractivity contribution is 0.233. The highest BCUT2D eigenvalue weighted by molar-refractivity contribution is 9.10. The molecule has 18 heavy (non-hydrogen) atoms. The van der Waals surface area contributed by atoms with Gasteiger partial charge in [0.1, 0.15) is 5.75 Å². The molecule has 0 aliphatic rings. The lowest BCUT2D eigenvalue weighted by Crippen LogP contribution is -2.19. The van der Waals surface area contributed by atoms with Gasteiger partial charge in [-0.3, -0.25) is 0 Å². The third-order valence-electron chi connectivity index (χ3n) is 2.72. The molecule has 0 amide bonds. The third-order valence-corrected chi connectivity index (χ3v) is 3.34. The van der Waals surface area contributed by atoms with E-state index < -0.39 is 0 Å². The van der Waals surface area contributed by atoms with Crippen LogP contribution in [0.2, 0.25) is 0 Å². The molecule has 0 saturated heterocycles. The SMILES string of the molecule is CCCNC(C)c1ccc(OCCCO)c(Br)c1. The number of hydrogen-bond acceptors (Lipinski definition) is 3. The standard InChI is InChI=1S/C14H22BrNO2/c1-3-7-16-11(2)12-5-6-14(13(15)10-12)18-9-4-8-17/h5-6,10-11,16-17H,3-4,7-9H2,1-2H3. The Morgan fingerprint density at radius 3 is 2.83 bits per heavy atom. The molecule has 1 aromatic carbocycles. The first-order valence-corrected chi connectivity index (χ1v) is 7.24. The molecule has 0 heterocycles. The van der Waals surface area contributed by atoms with Crippen LogP contribution in [0.15, 0.2) is 22.7 Å². The molecule has 1 unspecified atom stereocenters. The summed E-state index contributed by atoms with van der Waals surface area (Å²) in [5.41, 5.74) is 1.24. The van der Waals surface area contributed by atoms with E-state index in [0.29, 0.717) is 19.1 Å². The normalized spacial score (nSPS) is 12.4. The van der Waals surface area contributed by atoms with E-state index in [1.165, 1.54) is 5.56 Å². The van der Waals surface area contributed by atoms with Crippen LogP contribution in [-0.2, 0) is 0 Å². The zero-order chi connectivity index (χ0) is 13.4. The molecular weight excluding hydrogens is 294 g/mol. The largest absolute Gasteiger partial charge is 0.492 e. The number of aliphatic hydroxyl groups excluding tert-OH is 1. The first kappa shape index (κ1) is 15.5. The molecule has 1 rings (SSSR count). The molecule has 0 fully saturated rings. The minimum absolute atomic E-state index is 0.160. The van der Waals surface area contributed by atoms with Gasteiger partial charge in [-0.15, -0.1) is 0 Å². The van der Waals surface area contributed by atoms with Gasteiger partial charge >= 0.3 is 0 Å². The monoisotopic (exact) mass is 315 g/mol. The van der Waals surface area contributed by atoms with E-state index in [9.17, 15) is 0 Å². The average molecular weight is 316 g/mol. The highest BCUT2D eigenvalue weighted by Crippen LogP contribution is 2.28. The zero-order valence-corrected chi connectivity index (χ0v) is 12.7. The zero-order valence-electron chi connectivity index (χ0n) is 11.1. The molecule has 102 valence electrons. The Bertz CT molecular complexity index is 358. The predicted octanol–water partition coefficient (Wildman–Crippen LogP) is 3.27. The van der Waals surface area contributed by atoms with Crippen LogP contribution in [0.5, 0.6) is 5.75 Å². The van der Waals surface area contributed by atoms with Crippen LogP contribution in [0.1, 0.15) is 38.3 Å². The summed E-state index contributed by atoms with van der Waals surface area (Å²) in [5, 5.41) is 12.2. The molecular formula is C14H22BrNO2. The molecule has 4 heteroatoms. The summed E-state index contributed by atoms with van der Waals surface area (Å²) in [6, 6.07) is 6.47. The third kappa shape index (κ3) is 4.96. The van der Waals surface area contributed by atoms with Crippen LogP contribution in [0.3, 0.4) is 0 Å². The van der Waals surface area contributed by atoms with Crippen LogP contribution >= 0.6 is 15.9 Å². The van der Waals surface area contributed by atoms with Crippen molar-refractivity contribution in [1.29, 1.82) is 0 Å². The van der Waals surface area contributed by atoms with Gasteiger partial charge < -0.3 is 15.2 Å². The van der Waals surface area contributed by atoms with E-state index in [2.05, 4.69) is 47.2 Å². The summed E-state index contributed by atoms with van der Waals surface area (Å²) in [4.78, 5) is 0. The van der Waals surface area contributed by atoms with Crippen molar-refractivity contribution in [2.45, 2.75) is 32.7 Å². The van der Waals surface area contributed by atoms with Crippen molar-refractivity contribution in [3.8, 4) is 5.75 Å². The lowest BCUT2D eigenvalue weighted by atomic mass is 10.1. The Labute approximate surface area is 118 Å². The Hall–Kier alpha value is -0.580. The molecule has 1 atom stereocenters. The number of hydrogen-bond donors (Lipinski definition) is 2. The fourth-order valence-corrected chi connectivity index (χ4v) is 2.14. The van der Waals surface area contributed by atoms with Crippen molar-refractivity contribution in [3.63, 3.8) is 0 Å². The molecule has 1 aromatic rings. The van der Waals surface area contributed by atoms with Crippen LogP contribution in [-0.4, -0.2) is 24.9 Å². The first-order valence-electron chi connectivity index (χ1n) is 6.45. The number of ether oxygens (including phenoxy) is 1. The van der Waals surface area contributed by atoms with E-state index in [1.807, 2.05) is 6.07 Å². The summed E-state index contributed by atoms with van der Waals surface area (Å²) >= 11 is 3.52. The van der Waals surface area contributed by atoms with Gasteiger partial charge in [-0.1, -0.05) is 13.0 Å². The van der Waals surface area contributed by atoms with Gasteiger partial charge in [0.15, 0.2) is 0 Å². The Balaban J connectivity index is 2.60. The van der Waals surface area contributed by atoms with Crippen LogP contribution in [0.4, 0.5) is 0 Å². The van der Waals surface area contributed by atoms with Crippen LogP contribution in [0, 0.1) is 0 Å². The van der Waals surface area contributed by atoms with E-state index in [-0.39, 0.29) is 6.61 Å². The Kier molecular flexibility index (Phi) is 7.32. The smallest absolute Gasteiger partial charge is 0.133 e. The number of rotatable bonds is 8. The van der Waals surface area contributed by atoms with Gasteiger partial charge in [-0.05, 0) is 53.5 Å². The molecule has 0 saturated carbocycles. The van der Waals surface area contributed by atoms with Crippen LogP contribution < -0.4 is 10.1 Å². The maximum atomic E-state index is 8.71. The Morgan fingerprint density at radius 1 is 1.44 bits per heavy atom. The minimum Gasteiger partial charge on any atom is -0.492 e. The summed E-state index contributed by atoms with van der Waals surface area (Å²) in [5.74, 6) is 0.829. The van der Waals surface area contributed by atoms with Crippen LogP contribution in [0.25, 0.3) is 0 Å². The second kappa shape index (κ2) is 8.51. The minimum atomic E-state index is 0.160. The predicted molar refractivity (Wildman–Crippen MR) is 78.0 cm³/mol. The molecule has 2 N–H and O–H groups in total. The summed E-state index contributed by atoms with van der Waals surface area (Å²) in [7, 11) is 0. The molecule has 0 spiro atoms. The fourth-order valence-electron chi connectivity index (χ4n) is 1.63. The van der Waals surface area contributed by atoms with Gasteiger partial charge in [-0.2, -0.15) is 0 Å². The molecule has 3 nitrogen and oxygen atoms in total. The van der Waals surface area contributed by atoms with Crippen molar-refractivity contribution in [2.75, 3.05) is 19.8 Å². The quantitative estimate of drug-likeness (QED) is 0.723. The van der Waals surface area contributed by atoms with Crippen molar-refractivity contribution in [3.05, 3.63) is 28.2 Å². The second-order valence-electron chi connectivity index (χ2n) is 4.29. The number of benzene rings is 1. The van der Waals surface area contributed by atoms with Gasteiger partial charge in [0.25, 0.3) is 0 Å². The highest BCUT2D eigenvalue weighted by Gasteiger charge is 2.07. The number of aliphatic hydroxyl groups is 1. The molecule has 0 bridgehead atoms. The van der Waals surface area contributed by atoms with Crippen molar-refractivity contribution < 1.29 is 9.84 Å². The van der Waals surface area contributed by atoms with Gasteiger partial charge in [0.05, 0.1) is 11.1 Å². The lowest BCUT2D eigenvalue weighted by Gasteiger charge is -2.15. The highest BCUT2D eigenvalue weighted by atomic mass is 79.9. The number of halogens is 1.